The fourth-order valence-electron chi connectivity index (χ4n) is 1.67. The molecule has 3 N–H and O–H groups in total. The normalized spacial score (nSPS) is 9.95. The number of unbranched alkanes of at least 4 members (excludes halogenated alkanes) is 1. The number of anilines is 2. The van der Waals surface area contributed by atoms with Gasteiger partial charge >= 0.3 is 5.97 Å². The van der Waals surface area contributed by atoms with Crippen molar-refractivity contribution in [3.63, 3.8) is 0 Å². The summed E-state index contributed by atoms with van der Waals surface area (Å²) in [6, 6.07) is 6.85. The third-order valence-electron chi connectivity index (χ3n) is 2.82. The summed E-state index contributed by atoms with van der Waals surface area (Å²) >= 11 is 0. The summed E-state index contributed by atoms with van der Waals surface area (Å²) in [6.07, 6.45) is 1.82. The number of rotatable bonds is 8. The van der Waals surface area contributed by atoms with Gasteiger partial charge in [-0.1, -0.05) is 6.92 Å². The Labute approximate surface area is 123 Å². The summed E-state index contributed by atoms with van der Waals surface area (Å²) in [5.74, 6) is -1.06. The molecule has 0 aliphatic heterocycles. The zero-order chi connectivity index (χ0) is 15.7. The lowest BCUT2D eigenvalue weighted by atomic mass is 10.2. The van der Waals surface area contributed by atoms with E-state index < -0.39 is 5.97 Å². The lowest BCUT2D eigenvalue weighted by Gasteiger charge is -2.07. The molecule has 21 heavy (non-hydrogen) atoms. The maximum Gasteiger partial charge on any atom is 0.303 e. The van der Waals surface area contributed by atoms with Crippen molar-refractivity contribution in [2.75, 3.05) is 10.6 Å². The molecule has 0 spiro atoms. The van der Waals surface area contributed by atoms with Gasteiger partial charge in [0.15, 0.2) is 0 Å². The monoisotopic (exact) mass is 292 g/mol. The van der Waals surface area contributed by atoms with E-state index in [0.717, 1.165) is 0 Å². The number of carbonyl (C=O) groups is 3. The maximum atomic E-state index is 11.6. The van der Waals surface area contributed by atoms with Crippen molar-refractivity contribution < 1.29 is 19.5 Å². The van der Waals surface area contributed by atoms with Crippen LogP contribution in [0.5, 0.6) is 0 Å². The van der Waals surface area contributed by atoms with E-state index in [4.69, 9.17) is 5.11 Å². The van der Waals surface area contributed by atoms with Crippen LogP contribution in [-0.4, -0.2) is 22.9 Å². The molecule has 1 aromatic rings. The smallest absolute Gasteiger partial charge is 0.303 e. The molecular weight excluding hydrogens is 272 g/mol. The van der Waals surface area contributed by atoms with Crippen molar-refractivity contribution in [2.45, 2.75) is 39.0 Å². The van der Waals surface area contributed by atoms with Crippen molar-refractivity contribution in [2.24, 2.45) is 0 Å². The molecule has 0 aliphatic carbocycles. The highest BCUT2D eigenvalue weighted by atomic mass is 16.4. The fourth-order valence-corrected chi connectivity index (χ4v) is 1.67. The van der Waals surface area contributed by atoms with Gasteiger partial charge in [0, 0.05) is 30.6 Å². The van der Waals surface area contributed by atoms with E-state index in [1.54, 1.807) is 31.2 Å². The summed E-state index contributed by atoms with van der Waals surface area (Å²) in [7, 11) is 0. The first-order valence-corrected chi connectivity index (χ1v) is 6.93. The van der Waals surface area contributed by atoms with Gasteiger partial charge in [-0.2, -0.15) is 0 Å². The van der Waals surface area contributed by atoms with Crippen molar-refractivity contribution in [1.29, 1.82) is 0 Å². The molecule has 0 aliphatic rings. The third-order valence-corrected chi connectivity index (χ3v) is 2.82. The van der Waals surface area contributed by atoms with E-state index in [-0.39, 0.29) is 18.2 Å². The highest BCUT2D eigenvalue weighted by Gasteiger charge is 2.04. The second-order valence-corrected chi connectivity index (χ2v) is 4.63. The van der Waals surface area contributed by atoms with Gasteiger partial charge in [-0.3, -0.25) is 14.4 Å². The largest absolute Gasteiger partial charge is 0.481 e. The minimum absolute atomic E-state index is 0.0646. The molecular formula is C15H20N2O4. The molecule has 114 valence electrons. The topological polar surface area (TPSA) is 95.5 Å². The Kier molecular flexibility index (Phi) is 6.94. The molecule has 6 heteroatoms. The zero-order valence-electron chi connectivity index (χ0n) is 12.0. The van der Waals surface area contributed by atoms with Crippen LogP contribution >= 0.6 is 0 Å². The van der Waals surface area contributed by atoms with E-state index in [2.05, 4.69) is 10.6 Å². The second kappa shape index (κ2) is 8.73. The van der Waals surface area contributed by atoms with Gasteiger partial charge in [-0.25, -0.2) is 0 Å². The molecule has 0 bridgehead atoms. The highest BCUT2D eigenvalue weighted by molar-refractivity contribution is 5.92. The third kappa shape index (κ3) is 7.10. The quantitative estimate of drug-likeness (QED) is 0.642. The van der Waals surface area contributed by atoms with Gasteiger partial charge in [-0.05, 0) is 37.1 Å². The van der Waals surface area contributed by atoms with Gasteiger partial charge in [0.2, 0.25) is 11.8 Å². The van der Waals surface area contributed by atoms with E-state index in [1.165, 1.54) is 0 Å². The lowest BCUT2D eigenvalue weighted by molar-refractivity contribution is -0.137. The molecule has 0 heterocycles. The number of benzene rings is 1. The molecule has 0 saturated carbocycles. The van der Waals surface area contributed by atoms with Crippen LogP contribution in [0.25, 0.3) is 0 Å². The Hall–Kier alpha value is -2.37. The SMILES string of the molecule is CCC(=O)Nc1ccc(NC(=O)CCCCC(=O)O)cc1. The number of hydrogen-bond donors (Lipinski definition) is 3. The Morgan fingerprint density at radius 2 is 1.38 bits per heavy atom. The first kappa shape index (κ1) is 16.7. The number of nitrogens with one attached hydrogen (secondary N) is 2. The molecule has 1 aromatic carbocycles. The average molecular weight is 292 g/mol. The molecule has 2 amide bonds. The van der Waals surface area contributed by atoms with E-state index in [0.29, 0.717) is 37.1 Å². The lowest BCUT2D eigenvalue weighted by Crippen LogP contribution is -2.12. The molecule has 1 rings (SSSR count). The second-order valence-electron chi connectivity index (χ2n) is 4.63. The van der Waals surface area contributed by atoms with E-state index in [1.807, 2.05) is 0 Å². The number of carbonyl (C=O) groups excluding carboxylic acids is 2. The summed E-state index contributed by atoms with van der Waals surface area (Å²) in [5, 5.41) is 13.9. The Morgan fingerprint density at radius 3 is 1.86 bits per heavy atom. The summed E-state index contributed by atoms with van der Waals surface area (Å²) < 4.78 is 0. The number of carboxylic acid groups (broad SMARTS) is 1. The van der Waals surface area contributed by atoms with Crippen molar-refractivity contribution in [1.82, 2.24) is 0 Å². The average Bonchev–Trinajstić information content (AvgIpc) is 2.45. The van der Waals surface area contributed by atoms with Crippen LogP contribution in [0.15, 0.2) is 24.3 Å². The maximum absolute atomic E-state index is 11.6. The highest BCUT2D eigenvalue weighted by Crippen LogP contribution is 2.14. The van der Waals surface area contributed by atoms with Crippen molar-refractivity contribution in [3.8, 4) is 0 Å². The van der Waals surface area contributed by atoms with Gasteiger partial charge in [0.25, 0.3) is 0 Å². The van der Waals surface area contributed by atoms with Gasteiger partial charge in [0.05, 0.1) is 0 Å². The minimum atomic E-state index is -0.847. The van der Waals surface area contributed by atoms with E-state index in [9.17, 15) is 14.4 Å². The fraction of sp³-hybridized carbons (Fsp3) is 0.400. The number of aliphatic carboxylic acids is 1. The first-order chi connectivity index (χ1) is 10.0. The van der Waals surface area contributed by atoms with Gasteiger partial charge in [0.1, 0.15) is 0 Å². The predicted octanol–water partition coefficient (Wildman–Crippen LogP) is 2.62. The van der Waals surface area contributed by atoms with Crippen LogP contribution < -0.4 is 10.6 Å². The first-order valence-electron chi connectivity index (χ1n) is 6.93. The number of carboxylic acids is 1. The summed E-state index contributed by atoms with van der Waals surface area (Å²) in [6.45, 7) is 1.77. The molecule has 0 aromatic heterocycles. The van der Waals surface area contributed by atoms with Crippen LogP contribution in [0.2, 0.25) is 0 Å². The summed E-state index contributed by atoms with van der Waals surface area (Å²) in [5.41, 5.74) is 1.33. The summed E-state index contributed by atoms with van der Waals surface area (Å²) in [4.78, 5) is 33.2. The van der Waals surface area contributed by atoms with Crippen molar-refractivity contribution >= 4 is 29.2 Å². The van der Waals surface area contributed by atoms with Crippen LogP contribution in [0.1, 0.15) is 39.0 Å². The van der Waals surface area contributed by atoms with Crippen LogP contribution in [0.4, 0.5) is 11.4 Å². The Bertz CT molecular complexity index is 497. The molecule has 0 radical (unpaired) electrons. The molecule has 6 nitrogen and oxygen atoms in total. The standard InChI is InChI=1S/C15H20N2O4/c1-2-13(18)16-11-7-9-12(10-8-11)17-14(19)5-3-4-6-15(20)21/h7-10H,2-6H2,1H3,(H,16,18)(H,17,19)(H,20,21). The number of hydrogen-bond acceptors (Lipinski definition) is 3. The Balaban J connectivity index is 2.35. The molecule has 0 fully saturated rings. The van der Waals surface area contributed by atoms with Gasteiger partial charge < -0.3 is 15.7 Å². The number of amides is 2. The zero-order valence-corrected chi connectivity index (χ0v) is 12.0. The van der Waals surface area contributed by atoms with Crippen molar-refractivity contribution in [3.05, 3.63) is 24.3 Å². The Morgan fingerprint density at radius 1 is 0.905 bits per heavy atom. The molecule has 0 atom stereocenters. The van der Waals surface area contributed by atoms with Gasteiger partial charge in [-0.15, -0.1) is 0 Å². The molecule has 0 saturated heterocycles. The predicted molar refractivity (Wildman–Crippen MR) is 80.1 cm³/mol. The minimum Gasteiger partial charge on any atom is -0.481 e. The van der Waals surface area contributed by atoms with Crippen LogP contribution in [0, 0.1) is 0 Å². The molecule has 0 unspecified atom stereocenters. The van der Waals surface area contributed by atoms with Crippen LogP contribution in [0.3, 0.4) is 0 Å². The van der Waals surface area contributed by atoms with E-state index >= 15 is 0 Å². The van der Waals surface area contributed by atoms with Crippen LogP contribution in [-0.2, 0) is 14.4 Å².